The molecule has 0 bridgehead atoms. The van der Waals surface area contributed by atoms with E-state index in [1.54, 1.807) is 32.0 Å². The summed E-state index contributed by atoms with van der Waals surface area (Å²) >= 11 is 0. The van der Waals surface area contributed by atoms with Crippen LogP contribution in [0.5, 0.6) is 0 Å². The zero-order chi connectivity index (χ0) is 16.0. The Hall–Kier alpha value is -2.37. The van der Waals surface area contributed by atoms with Crippen molar-refractivity contribution in [2.45, 2.75) is 32.7 Å². The van der Waals surface area contributed by atoms with E-state index in [1.165, 1.54) is 0 Å². The monoisotopic (exact) mass is 292 g/mol. The van der Waals surface area contributed by atoms with Crippen LogP contribution in [0.1, 0.15) is 36.2 Å². The van der Waals surface area contributed by atoms with Gasteiger partial charge in [-0.2, -0.15) is 0 Å². The molecule has 0 aliphatic rings. The third-order valence-electron chi connectivity index (χ3n) is 2.76. The molecule has 1 aromatic rings. The smallest absolute Gasteiger partial charge is 0.305 e. The van der Waals surface area contributed by atoms with Gasteiger partial charge in [-0.25, -0.2) is 0 Å². The van der Waals surface area contributed by atoms with Crippen molar-refractivity contribution in [3.63, 3.8) is 0 Å². The first-order valence-electron chi connectivity index (χ1n) is 6.57. The second-order valence-electron chi connectivity index (χ2n) is 5.55. The van der Waals surface area contributed by atoms with E-state index in [0.717, 1.165) is 5.56 Å². The minimum Gasteiger partial charge on any atom is -0.481 e. The molecule has 0 aliphatic heterocycles. The average molecular weight is 292 g/mol. The van der Waals surface area contributed by atoms with Gasteiger partial charge in [-0.3, -0.25) is 14.4 Å². The number of aliphatic carboxylic acids is 1. The third-order valence-corrected chi connectivity index (χ3v) is 2.76. The molecular weight excluding hydrogens is 272 g/mol. The van der Waals surface area contributed by atoms with Crippen LogP contribution in [-0.4, -0.2) is 35.0 Å². The molecule has 6 heteroatoms. The van der Waals surface area contributed by atoms with Crippen molar-refractivity contribution in [3.8, 4) is 0 Å². The summed E-state index contributed by atoms with van der Waals surface area (Å²) in [7, 11) is 0. The van der Waals surface area contributed by atoms with Gasteiger partial charge in [0.05, 0.1) is 13.0 Å². The minimum atomic E-state index is -0.996. The Morgan fingerprint density at radius 2 is 1.90 bits per heavy atom. The van der Waals surface area contributed by atoms with E-state index in [-0.39, 0.29) is 18.9 Å². The number of carbonyl (C=O) groups is 3. The molecule has 0 aromatic heterocycles. The van der Waals surface area contributed by atoms with E-state index in [4.69, 9.17) is 5.11 Å². The van der Waals surface area contributed by atoms with Crippen LogP contribution in [0.3, 0.4) is 0 Å². The lowest BCUT2D eigenvalue weighted by Gasteiger charge is -2.24. The number of aryl methyl sites for hydroxylation is 1. The van der Waals surface area contributed by atoms with Crippen molar-refractivity contribution in [1.29, 1.82) is 0 Å². The van der Waals surface area contributed by atoms with Gasteiger partial charge in [0.2, 0.25) is 5.91 Å². The number of carboxylic acid groups (broad SMARTS) is 1. The van der Waals surface area contributed by atoms with Crippen molar-refractivity contribution in [2.24, 2.45) is 0 Å². The van der Waals surface area contributed by atoms with Crippen LogP contribution >= 0.6 is 0 Å². The minimum absolute atomic E-state index is 0.190. The molecule has 0 fully saturated rings. The quantitative estimate of drug-likeness (QED) is 0.731. The Morgan fingerprint density at radius 3 is 2.48 bits per heavy atom. The molecule has 114 valence electrons. The SMILES string of the molecule is Cc1cccc(C(=O)NCC(=O)NC(C)(C)CC(=O)O)c1. The maximum absolute atomic E-state index is 11.9. The highest BCUT2D eigenvalue weighted by Gasteiger charge is 2.23. The molecule has 0 spiro atoms. The summed E-state index contributed by atoms with van der Waals surface area (Å²) in [5.41, 5.74) is 0.569. The van der Waals surface area contributed by atoms with Gasteiger partial charge in [0.15, 0.2) is 0 Å². The lowest BCUT2D eigenvalue weighted by molar-refractivity contribution is -0.138. The number of carboxylic acids is 1. The van der Waals surface area contributed by atoms with Crippen molar-refractivity contribution in [2.75, 3.05) is 6.54 Å². The molecule has 3 N–H and O–H groups in total. The Labute approximate surface area is 123 Å². The number of hydrogen-bond donors (Lipinski definition) is 3. The van der Waals surface area contributed by atoms with Gasteiger partial charge in [-0.1, -0.05) is 17.7 Å². The van der Waals surface area contributed by atoms with Crippen LogP contribution in [0.4, 0.5) is 0 Å². The Bertz CT molecular complexity index is 552. The van der Waals surface area contributed by atoms with E-state index in [1.807, 2.05) is 13.0 Å². The van der Waals surface area contributed by atoms with Gasteiger partial charge in [-0.15, -0.1) is 0 Å². The van der Waals surface area contributed by atoms with Crippen LogP contribution in [0.25, 0.3) is 0 Å². The summed E-state index contributed by atoms with van der Waals surface area (Å²) in [6.45, 7) is 4.90. The fourth-order valence-electron chi connectivity index (χ4n) is 1.89. The molecule has 0 unspecified atom stereocenters. The number of hydrogen-bond acceptors (Lipinski definition) is 3. The Morgan fingerprint density at radius 1 is 1.24 bits per heavy atom. The van der Waals surface area contributed by atoms with Gasteiger partial charge in [0.1, 0.15) is 0 Å². The summed E-state index contributed by atoms with van der Waals surface area (Å²) in [4.78, 5) is 34.2. The molecular formula is C15H20N2O4. The molecule has 6 nitrogen and oxygen atoms in total. The number of nitrogens with one attached hydrogen (secondary N) is 2. The van der Waals surface area contributed by atoms with Crippen LogP contribution in [-0.2, 0) is 9.59 Å². The van der Waals surface area contributed by atoms with Crippen LogP contribution in [0.15, 0.2) is 24.3 Å². The van der Waals surface area contributed by atoms with Gasteiger partial charge >= 0.3 is 5.97 Å². The predicted octanol–water partition coefficient (Wildman–Crippen LogP) is 1.09. The largest absolute Gasteiger partial charge is 0.481 e. The third kappa shape index (κ3) is 6.07. The summed E-state index contributed by atoms with van der Waals surface area (Å²) in [5.74, 6) is -1.77. The summed E-state index contributed by atoms with van der Waals surface area (Å²) in [5, 5.41) is 13.8. The first-order valence-corrected chi connectivity index (χ1v) is 6.57. The number of carbonyl (C=O) groups excluding carboxylic acids is 2. The fourth-order valence-corrected chi connectivity index (χ4v) is 1.89. The normalized spacial score (nSPS) is 10.8. The predicted molar refractivity (Wildman–Crippen MR) is 78.0 cm³/mol. The second-order valence-corrected chi connectivity index (χ2v) is 5.55. The van der Waals surface area contributed by atoms with Crippen molar-refractivity contribution in [1.82, 2.24) is 10.6 Å². The zero-order valence-electron chi connectivity index (χ0n) is 12.4. The van der Waals surface area contributed by atoms with E-state index in [9.17, 15) is 14.4 Å². The van der Waals surface area contributed by atoms with Crippen molar-refractivity contribution < 1.29 is 19.5 Å². The van der Waals surface area contributed by atoms with Gasteiger partial charge in [0, 0.05) is 11.1 Å². The maximum Gasteiger partial charge on any atom is 0.305 e. The standard InChI is InChI=1S/C15H20N2O4/c1-10-5-4-6-11(7-10)14(21)16-9-12(18)17-15(2,3)8-13(19)20/h4-7H,8-9H2,1-3H3,(H,16,21)(H,17,18)(H,19,20). The Kier molecular flexibility index (Phi) is 5.46. The molecule has 0 saturated carbocycles. The molecule has 0 atom stereocenters. The first-order chi connectivity index (χ1) is 9.69. The van der Waals surface area contributed by atoms with Crippen LogP contribution in [0, 0.1) is 6.92 Å². The van der Waals surface area contributed by atoms with Gasteiger partial charge in [-0.05, 0) is 32.9 Å². The summed E-state index contributed by atoms with van der Waals surface area (Å²) in [6.07, 6.45) is -0.190. The molecule has 0 aliphatic carbocycles. The molecule has 0 heterocycles. The summed E-state index contributed by atoms with van der Waals surface area (Å²) < 4.78 is 0. The first kappa shape index (κ1) is 16.7. The lowest BCUT2D eigenvalue weighted by atomic mass is 10.0. The number of amides is 2. The maximum atomic E-state index is 11.9. The van der Waals surface area contributed by atoms with E-state index < -0.39 is 17.4 Å². The van der Waals surface area contributed by atoms with Crippen molar-refractivity contribution in [3.05, 3.63) is 35.4 Å². The van der Waals surface area contributed by atoms with Crippen LogP contribution in [0.2, 0.25) is 0 Å². The highest BCUT2D eigenvalue weighted by molar-refractivity contribution is 5.96. The molecule has 0 saturated heterocycles. The average Bonchev–Trinajstić information content (AvgIpc) is 2.33. The van der Waals surface area contributed by atoms with E-state index in [0.29, 0.717) is 5.56 Å². The molecule has 0 radical (unpaired) electrons. The van der Waals surface area contributed by atoms with Gasteiger partial charge in [0.25, 0.3) is 5.91 Å². The van der Waals surface area contributed by atoms with E-state index >= 15 is 0 Å². The molecule has 1 rings (SSSR count). The lowest BCUT2D eigenvalue weighted by Crippen LogP contribution is -2.48. The topological polar surface area (TPSA) is 95.5 Å². The highest BCUT2D eigenvalue weighted by atomic mass is 16.4. The van der Waals surface area contributed by atoms with E-state index in [2.05, 4.69) is 10.6 Å². The summed E-state index contributed by atoms with van der Waals surface area (Å²) in [6, 6.07) is 7.02. The zero-order valence-corrected chi connectivity index (χ0v) is 12.4. The Balaban J connectivity index is 2.50. The molecule has 2 amide bonds. The molecule has 1 aromatic carbocycles. The molecule has 21 heavy (non-hydrogen) atoms. The number of rotatable bonds is 6. The fraction of sp³-hybridized carbons (Fsp3) is 0.400. The van der Waals surface area contributed by atoms with Gasteiger partial charge < -0.3 is 15.7 Å². The highest BCUT2D eigenvalue weighted by Crippen LogP contribution is 2.07. The number of benzene rings is 1. The van der Waals surface area contributed by atoms with Crippen LogP contribution < -0.4 is 10.6 Å². The van der Waals surface area contributed by atoms with Crippen molar-refractivity contribution >= 4 is 17.8 Å². The second kappa shape index (κ2) is 6.88.